The second-order valence-corrected chi connectivity index (χ2v) is 4.74. The number of amides is 1. The van der Waals surface area contributed by atoms with E-state index in [-0.39, 0.29) is 17.3 Å². The highest BCUT2D eigenvalue weighted by Crippen LogP contribution is 2.28. The minimum atomic E-state index is -0.550. The van der Waals surface area contributed by atoms with Gasteiger partial charge in [-0.2, -0.15) is 0 Å². The maximum atomic E-state index is 12.6. The fourth-order valence-electron chi connectivity index (χ4n) is 2.46. The SMILES string of the molecule is COC(=O)c1cccc(C(=O)N2CCc3ccccc32)n1. The average Bonchev–Trinajstić information content (AvgIpc) is 2.97. The van der Waals surface area contributed by atoms with Crippen LogP contribution in [0.2, 0.25) is 0 Å². The first-order chi connectivity index (χ1) is 10.2. The van der Waals surface area contributed by atoms with Crippen molar-refractivity contribution in [2.45, 2.75) is 6.42 Å². The third kappa shape index (κ3) is 2.38. The summed E-state index contributed by atoms with van der Waals surface area (Å²) in [5.41, 5.74) is 2.44. The molecule has 0 saturated heterocycles. The Morgan fingerprint density at radius 2 is 1.86 bits per heavy atom. The first kappa shape index (κ1) is 13.3. The lowest BCUT2D eigenvalue weighted by molar-refractivity contribution is 0.0594. The topological polar surface area (TPSA) is 59.5 Å². The van der Waals surface area contributed by atoms with Crippen LogP contribution >= 0.6 is 0 Å². The Bertz CT molecular complexity index is 712. The molecule has 0 saturated carbocycles. The lowest BCUT2D eigenvalue weighted by Gasteiger charge is -2.16. The number of para-hydroxylation sites is 1. The summed E-state index contributed by atoms with van der Waals surface area (Å²) >= 11 is 0. The zero-order chi connectivity index (χ0) is 14.8. The van der Waals surface area contributed by atoms with E-state index in [9.17, 15) is 9.59 Å². The molecule has 106 valence electrons. The normalized spacial score (nSPS) is 12.9. The van der Waals surface area contributed by atoms with Gasteiger partial charge in [0.2, 0.25) is 0 Å². The zero-order valence-electron chi connectivity index (χ0n) is 11.6. The molecule has 0 spiro atoms. The predicted octanol–water partition coefficient (Wildman–Crippen LogP) is 2.07. The minimum Gasteiger partial charge on any atom is -0.464 e. The number of carbonyl (C=O) groups is 2. The van der Waals surface area contributed by atoms with Gasteiger partial charge in [0.15, 0.2) is 0 Å². The molecule has 2 aromatic rings. The van der Waals surface area contributed by atoms with Gasteiger partial charge in [-0.05, 0) is 30.2 Å². The standard InChI is InChI=1S/C16H14N2O3/c1-21-16(20)13-7-4-6-12(17-13)15(19)18-10-9-11-5-2-3-8-14(11)18/h2-8H,9-10H2,1H3. The molecule has 1 aliphatic heterocycles. The molecule has 0 bridgehead atoms. The van der Waals surface area contributed by atoms with Crippen LogP contribution < -0.4 is 4.90 Å². The molecule has 0 unspecified atom stereocenters. The van der Waals surface area contributed by atoms with Gasteiger partial charge in [0.1, 0.15) is 11.4 Å². The molecule has 0 atom stereocenters. The van der Waals surface area contributed by atoms with E-state index < -0.39 is 5.97 Å². The highest BCUT2D eigenvalue weighted by Gasteiger charge is 2.26. The summed E-state index contributed by atoms with van der Waals surface area (Å²) < 4.78 is 4.63. The van der Waals surface area contributed by atoms with Crippen LogP contribution in [-0.4, -0.2) is 30.5 Å². The monoisotopic (exact) mass is 282 g/mol. The number of carbonyl (C=O) groups excluding carboxylic acids is 2. The van der Waals surface area contributed by atoms with E-state index >= 15 is 0 Å². The molecule has 1 aromatic carbocycles. The molecule has 0 fully saturated rings. The van der Waals surface area contributed by atoms with Crippen LogP contribution in [0.5, 0.6) is 0 Å². The lowest BCUT2D eigenvalue weighted by atomic mass is 10.2. The molecule has 1 aliphatic rings. The number of rotatable bonds is 2. The summed E-state index contributed by atoms with van der Waals surface area (Å²) in [4.78, 5) is 29.9. The van der Waals surface area contributed by atoms with Gasteiger partial charge in [0.05, 0.1) is 7.11 Å². The summed E-state index contributed by atoms with van der Waals surface area (Å²) in [6.45, 7) is 0.627. The number of methoxy groups -OCH3 is 1. The van der Waals surface area contributed by atoms with Crippen LogP contribution in [0.15, 0.2) is 42.5 Å². The van der Waals surface area contributed by atoms with Crippen LogP contribution in [-0.2, 0) is 11.2 Å². The zero-order valence-corrected chi connectivity index (χ0v) is 11.6. The van der Waals surface area contributed by atoms with Crippen LogP contribution in [0.1, 0.15) is 26.5 Å². The van der Waals surface area contributed by atoms with Crippen molar-refractivity contribution in [1.82, 2.24) is 4.98 Å². The Hall–Kier alpha value is -2.69. The Balaban J connectivity index is 1.92. The Morgan fingerprint density at radius 3 is 2.67 bits per heavy atom. The van der Waals surface area contributed by atoms with Gasteiger partial charge < -0.3 is 9.64 Å². The number of esters is 1. The molecule has 1 amide bonds. The maximum Gasteiger partial charge on any atom is 0.356 e. The molecule has 21 heavy (non-hydrogen) atoms. The van der Waals surface area contributed by atoms with Gasteiger partial charge in [0.25, 0.3) is 5.91 Å². The highest BCUT2D eigenvalue weighted by molar-refractivity contribution is 6.06. The van der Waals surface area contributed by atoms with E-state index in [1.54, 1.807) is 17.0 Å². The van der Waals surface area contributed by atoms with Crippen molar-refractivity contribution in [3.05, 3.63) is 59.4 Å². The molecular weight excluding hydrogens is 268 g/mol. The summed E-state index contributed by atoms with van der Waals surface area (Å²) in [7, 11) is 1.29. The molecule has 5 heteroatoms. The van der Waals surface area contributed by atoms with Gasteiger partial charge in [0, 0.05) is 12.2 Å². The van der Waals surface area contributed by atoms with Crippen molar-refractivity contribution in [2.24, 2.45) is 0 Å². The number of benzene rings is 1. The Morgan fingerprint density at radius 1 is 1.10 bits per heavy atom. The van der Waals surface area contributed by atoms with Gasteiger partial charge in [-0.25, -0.2) is 9.78 Å². The molecule has 5 nitrogen and oxygen atoms in total. The Labute approximate surface area is 122 Å². The van der Waals surface area contributed by atoms with Gasteiger partial charge >= 0.3 is 5.97 Å². The third-order valence-corrected chi connectivity index (χ3v) is 3.50. The molecule has 0 radical (unpaired) electrons. The van der Waals surface area contributed by atoms with Crippen molar-refractivity contribution in [1.29, 1.82) is 0 Å². The molecule has 0 N–H and O–H groups in total. The van der Waals surface area contributed by atoms with Crippen molar-refractivity contribution in [2.75, 3.05) is 18.6 Å². The average molecular weight is 282 g/mol. The van der Waals surface area contributed by atoms with Crippen LogP contribution in [0.3, 0.4) is 0 Å². The van der Waals surface area contributed by atoms with Crippen molar-refractivity contribution in [3.8, 4) is 0 Å². The number of anilines is 1. The van der Waals surface area contributed by atoms with E-state index in [0.29, 0.717) is 6.54 Å². The van der Waals surface area contributed by atoms with Crippen molar-refractivity contribution < 1.29 is 14.3 Å². The molecule has 0 aliphatic carbocycles. The number of ether oxygens (including phenoxy) is 1. The first-order valence-electron chi connectivity index (χ1n) is 6.66. The van der Waals surface area contributed by atoms with E-state index in [4.69, 9.17) is 0 Å². The number of nitrogens with zero attached hydrogens (tertiary/aromatic N) is 2. The maximum absolute atomic E-state index is 12.6. The van der Waals surface area contributed by atoms with Crippen molar-refractivity contribution in [3.63, 3.8) is 0 Å². The van der Waals surface area contributed by atoms with Gasteiger partial charge in [-0.3, -0.25) is 4.79 Å². The van der Waals surface area contributed by atoms with E-state index in [0.717, 1.165) is 17.7 Å². The quantitative estimate of drug-likeness (QED) is 0.791. The fraction of sp³-hybridized carbons (Fsp3) is 0.188. The molecule has 1 aromatic heterocycles. The Kier molecular flexibility index (Phi) is 3.39. The van der Waals surface area contributed by atoms with E-state index in [1.807, 2.05) is 24.3 Å². The molecular formula is C16H14N2O3. The molecule has 2 heterocycles. The molecule has 3 rings (SSSR count). The summed E-state index contributed by atoms with van der Waals surface area (Å²) in [6, 6.07) is 12.6. The van der Waals surface area contributed by atoms with Crippen molar-refractivity contribution >= 4 is 17.6 Å². The number of fused-ring (bicyclic) bond motifs is 1. The number of hydrogen-bond donors (Lipinski definition) is 0. The van der Waals surface area contributed by atoms with Crippen LogP contribution in [0.25, 0.3) is 0 Å². The number of aromatic nitrogens is 1. The second kappa shape index (κ2) is 5.36. The minimum absolute atomic E-state index is 0.135. The first-order valence-corrected chi connectivity index (χ1v) is 6.66. The van der Waals surface area contributed by atoms with Gasteiger partial charge in [-0.15, -0.1) is 0 Å². The number of hydrogen-bond acceptors (Lipinski definition) is 4. The fourth-order valence-corrected chi connectivity index (χ4v) is 2.46. The highest BCUT2D eigenvalue weighted by atomic mass is 16.5. The van der Waals surface area contributed by atoms with E-state index in [2.05, 4.69) is 9.72 Å². The summed E-state index contributed by atoms with van der Waals surface area (Å²) in [6.07, 6.45) is 0.832. The van der Waals surface area contributed by atoms with E-state index in [1.165, 1.54) is 13.2 Å². The van der Waals surface area contributed by atoms with Crippen LogP contribution in [0.4, 0.5) is 5.69 Å². The summed E-state index contributed by atoms with van der Waals surface area (Å²) in [5.74, 6) is -0.753. The smallest absolute Gasteiger partial charge is 0.356 e. The van der Waals surface area contributed by atoms with Crippen LogP contribution in [0, 0.1) is 0 Å². The largest absolute Gasteiger partial charge is 0.464 e. The van der Waals surface area contributed by atoms with Gasteiger partial charge in [-0.1, -0.05) is 24.3 Å². The summed E-state index contributed by atoms with van der Waals surface area (Å²) in [5, 5.41) is 0. The third-order valence-electron chi connectivity index (χ3n) is 3.50. The number of pyridine rings is 1. The predicted molar refractivity (Wildman–Crippen MR) is 77.4 cm³/mol. The second-order valence-electron chi connectivity index (χ2n) is 4.74. The lowest BCUT2D eigenvalue weighted by Crippen LogP contribution is -2.30.